The number of carbonyl (C=O) groups excluding carboxylic acids is 1. The lowest BCUT2D eigenvalue weighted by molar-refractivity contribution is -0.122. The molecule has 1 atom stereocenters. The number of ether oxygens (including phenoxy) is 1. The average Bonchev–Trinajstić information content (AvgIpc) is 2.34. The van der Waals surface area contributed by atoms with Crippen LogP contribution in [0.5, 0.6) is 0 Å². The first-order valence-corrected chi connectivity index (χ1v) is 5.22. The Hall–Kier alpha value is -1.39. The fourth-order valence-electron chi connectivity index (χ4n) is 1.29. The van der Waals surface area contributed by atoms with E-state index in [1.807, 2.05) is 30.3 Å². The summed E-state index contributed by atoms with van der Waals surface area (Å²) in [7, 11) is 1.55. The van der Waals surface area contributed by atoms with Gasteiger partial charge in [-0.3, -0.25) is 4.79 Å². The molecule has 4 nitrogen and oxygen atoms in total. The van der Waals surface area contributed by atoms with E-state index in [4.69, 9.17) is 4.74 Å². The Morgan fingerprint density at radius 1 is 1.44 bits per heavy atom. The molecule has 2 N–H and O–H groups in total. The zero-order chi connectivity index (χ0) is 11.8. The smallest absolute Gasteiger partial charge is 0.222 e. The molecule has 16 heavy (non-hydrogen) atoms. The molecule has 0 aliphatic heterocycles. The summed E-state index contributed by atoms with van der Waals surface area (Å²) in [6.07, 6.45) is -0.342. The van der Waals surface area contributed by atoms with Gasteiger partial charge in [-0.15, -0.1) is 0 Å². The van der Waals surface area contributed by atoms with Gasteiger partial charge in [0.15, 0.2) is 0 Å². The van der Waals surface area contributed by atoms with Gasteiger partial charge in [0.05, 0.1) is 12.7 Å². The number of benzene rings is 1. The minimum Gasteiger partial charge on any atom is -0.387 e. The van der Waals surface area contributed by atoms with Crippen LogP contribution in [0.4, 0.5) is 0 Å². The topological polar surface area (TPSA) is 58.6 Å². The summed E-state index contributed by atoms with van der Waals surface area (Å²) in [6, 6.07) is 9.24. The largest absolute Gasteiger partial charge is 0.387 e. The Morgan fingerprint density at radius 3 is 2.75 bits per heavy atom. The number of aliphatic hydroxyl groups excluding tert-OH is 1. The number of hydrogen-bond acceptors (Lipinski definition) is 3. The molecule has 0 aromatic heterocycles. The average molecular weight is 223 g/mol. The second-order valence-corrected chi connectivity index (χ2v) is 3.47. The lowest BCUT2D eigenvalue weighted by atomic mass is 10.1. The monoisotopic (exact) mass is 223 g/mol. The van der Waals surface area contributed by atoms with Crippen molar-refractivity contribution >= 4 is 5.91 Å². The summed E-state index contributed by atoms with van der Waals surface area (Å²) in [6.45, 7) is 0.625. The summed E-state index contributed by atoms with van der Waals surface area (Å²) in [4.78, 5) is 11.2. The van der Waals surface area contributed by atoms with Gasteiger partial charge in [0.1, 0.15) is 0 Å². The van der Waals surface area contributed by atoms with Gasteiger partial charge in [0.25, 0.3) is 0 Å². The van der Waals surface area contributed by atoms with E-state index in [0.717, 1.165) is 5.56 Å². The number of carbonyl (C=O) groups is 1. The third-order valence-corrected chi connectivity index (χ3v) is 2.21. The maximum absolute atomic E-state index is 11.2. The third-order valence-electron chi connectivity index (χ3n) is 2.21. The summed E-state index contributed by atoms with van der Waals surface area (Å²) in [5.74, 6) is -0.114. The first kappa shape index (κ1) is 12.7. The molecule has 1 unspecified atom stereocenters. The minimum atomic E-state index is -0.660. The molecular weight excluding hydrogens is 206 g/mol. The Labute approximate surface area is 95.2 Å². The van der Waals surface area contributed by atoms with Crippen molar-refractivity contribution in [3.8, 4) is 0 Å². The van der Waals surface area contributed by atoms with E-state index < -0.39 is 6.10 Å². The molecule has 0 saturated heterocycles. The molecule has 1 aromatic rings. The van der Waals surface area contributed by atoms with Crippen molar-refractivity contribution in [1.82, 2.24) is 5.32 Å². The van der Waals surface area contributed by atoms with Gasteiger partial charge in [-0.2, -0.15) is 0 Å². The molecule has 0 spiro atoms. The van der Waals surface area contributed by atoms with Crippen LogP contribution in [0.2, 0.25) is 0 Å². The lowest BCUT2D eigenvalue weighted by Gasteiger charge is -2.11. The third kappa shape index (κ3) is 4.42. The number of hydrogen-bond donors (Lipinski definition) is 2. The maximum Gasteiger partial charge on any atom is 0.222 e. The molecule has 88 valence electrons. The molecule has 0 radical (unpaired) electrons. The first-order chi connectivity index (χ1) is 7.74. The molecule has 0 saturated carbocycles. The summed E-state index contributed by atoms with van der Waals surface area (Å²) < 4.78 is 4.78. The highest BCUT2D eigenvalue weighted by atomic mass is 16.5. The highest BCUT2D eigenvalue weighted by Gasteiger charge is 2.08. The van der Waals surface area contributed by atoms with Gasteiger partial charge in [0, 0.05) is 20.1 Å². The number of amides is 1. The van der Waals surface area contributed by atoms with Crippen LogP contribution in [-0.4, -0.2) is 31.3 Å². The van der Waals surface area contributed by atoms with E-state index in [2.05, 4.69) is 5.32 Å². The van der Waals surface area contributed by atoms with Crippen molar-refractivity contribution in [3.63, 3.8) is 0 Å². The summed E-state index contributed by atoms with van der Waals surface area (Å²) in [5, 5.41) is 12.4. The van der Waals surface area contributed by atoms with Crippen molar-refractivity contribution in [2.75, 3.05) is 20.3 Å². The van der Waals surface area contributed by atoms with E-state index in [1.165, 1.54) is 0 Å². The van der Waals surface area contributed by atoms with Crippen LogP contribution in [0.1, 0.15) is 18.1 Å². The fraction of sp³-hybridized carbons (Fsp3) is 0.417. The second-order valence-electron chi connectivity index (χ2n) is 3.47. The van der Waals surface area contributed by atoms with Gasteiger partial charge >= 0.3 is 0 Å². The molecule has 0 fully saturated rings. The van der Waals surface area contributed by atoms with E-state index in [1.54, 1.807) is 7.11 Å². The van der Waals surface area contributed by atoms with E-state index in [-0.39, 0.29) is 12.5 Å². The molecule has 4 heteroatoms. The molecule has 1 rings (SSSR count). The molecule has 0 bridgehead atoms. The highest BCUT2D eigenvalue weighted by Crippen LogP contribution is 2.10. The minimum absolute atomic E-state index is 0.114. The van der Waals surface area contributed by atoms with Gasteiger partial charge in [-0.05, 0) is 5.56 Å². The quantitative estimate of drug-likeness (QED) is 0.752. The Kier molecular flexibility index (Phi) is 5.53. The Balaban J connectivity index is 2.30. The highest BCUT2D eigenvalue weighted by molar-refractivity contribution is 5.75. The zero-order valence-electron chi connectivity index (χ0n) is 9.35. The molecular formula is C12H17NO3. The van der Waals surface area contributed by atoms with Crippen molar-refractivity contribution in [1.29, 1.82) is 0 Å². The van der Waals surface area contributed by atoms with Gasteiger partial charge in [-0.1, -0.05) is 30.3 Å². The zero-order valence-corrected chi connectivity index (χ0v) is 9.35. The second kappa shape index (κ2) is 6.98. The van der Waals surface area contributed by atoms with Crippen LogP contribution in [0.15, 0.2) is 30.3 Å². The van der Waals surface area contributed by atoms with E-state index in [9.17, 15) is 9.90 Å². The summed E-state index contributed by atoms with van der Waals surface area (Å²) in [5.41, 5.74) is 0.801. The lowest BCUT2D eigenvalue weighted by Crippen LogP contribution is -2.28. The Morgan fingerprint density at radius 2 is 2.12 bits per heavy atom. The Bertz CT molecular complexity index is 313. The normalized spacial score (nSPS) is 12.1. The maximum atomic E-state index is 11.2. The van der Waals surface area contributed by atoms with Crippen LogP contribution in [0.3, 0.4) is 0 Å². The van der Waals surface area contributed by atoms with Crippen molar-refractivity contribution in [2.24, 2.45) is 0 Å². The SMILES string of the molecule is COCCC(=O)NCC(O)c1ccccc1. The van der Waals surface area contributed by atoms with Crippen LogP contribution < -0.4 is 5.32 Å². The van der Waals surface area contributed by atoms with Gasteiger partial charge in [0.2, 0.25) is 5.91 Å². The predicted molar refractivity (Wildman–Crippen MR) is 60.9 cm³/mol. The van der Waals surface area contributed by atoms with Crippen LogP contribution in [-0.2, 0) is 9.53 Å². The number of methoxy groups -OCH3 is 1. The molecule has 0 aliphatic carbocycles. The molecule has 0 heterocycles. The fourth-order valence-corrected chi connectivity index (χ4v) is 1.29. The predicted octanol–water partition coefficient (Wildman–Crippen LogP) is 0.873. The molecule has 1 amide bonds. The van der Waals surface area contributed by atoms with Gasteiger partial charge < -0.3 is 15.2 Å². The van der Waals surface area contributed by atoms with Crippen LogP contribution >= 0.6 is 0 Å². The number of nitrogens with one attached hydrogen (secondary N) is 1. The van der Waals surface area contributed by atoms with Gasteiger partial charge in [-0.25, -0.2) is 0 Å². The summed E-state index contributed by atoms with van der Waals surface area (Å²) >= 11 is 0. The van der Waals surface area contributed by atoms with E-state index >= 15 is 0 Å². The molecule has 1 aromatic carbocycles. The van der Waals surface area contributed by atoms with Crippen LogP contribution in [0, 0.1) is 0 Å². The number of aliphatic hydroxyl groups is 1. The molecule has 0 aliphatic rings. The van der Waals surface area contributed by atoms with Crippen molar-refractivity contribution < 1.29 is 14.6 Å². The standard InChI is InChI=1S/C12H17NO3/c1-16-8-7-12(15)13-9-11(14)10-5-3-2-4-6-10/h2-6,11,14H,7-9H2,1H3,(H,13,15). The van der Waals surface area contributed by atoms with Crippen LogP contribution in [0.25, 0.3) is 0 Å². The first-order valence-electron chi connectivity index (χ1n) is 5.22. The van der Waals surface area contributed by atoms with E-state index in [0.29, 0.717) is 13.0 Å². The van der Waals surface area contributed by atoms with Crippen molar-refractivity contribution in [3.05, 3.63) is 35.9 Å². The van der Waals surface area contributed by atoms with Crippen molar-refractivity contribution in [2.45, 2.75) is 12.5 Å². The number of rotatable bonds is 6.